The van der Waals surface area contributed by atoms with E-state index in [1.807, 2.05) is 0 Å². The highest BCUT2D eigenvalue weighted by atomic mass is 16.4. The first-order valence-electron chi connectivity index (χ1n) is 4.94. The molecule has 0 aromatic carbocycles. The summed E-state index contributed by atoms with van der Waals surface area (Å²) in [6.07, 6.45) is 2.66. The van der Waals surface area contributed by atoms with E-state index in [-0.39, 0.29) is 11.2 Å². The van der Waals surface area contributed by atoms with Gasteiger partial charge in [0, 0.05) is 6.07 Å². The molecule has 9 heteroatoms. The lowest BCUT2D eigenvalue weighted by molar-refractivity contribution is -0.137. The Morgan fingerprint density at radius 1 is 1.39 bits per heavy atom. The molecule has 3 rings (SSSR count). The fourth-order valence-electron chi connectivity index (χ4n) is 1.61. The fraction of sp³-hybridized carbons (Fsp3) is 0.111. The average molecular weight is 246 g/mol. The van der Waals surface area contributed by atoms with Crippen molar-refractivity contribution in [1.82, 2.24) is 29.4 Å². The number of hydrogen-bond donors (Lipinski definition) is 1. The lowest BCUT2D eigenvalue weighted by Crippen LogP contribution is -2.26. The van der Waals surface area contributed by atoms with Crippen molar-refractivity contribution in [1.29, 1.82) is 0 Å². The first kappa shape index (κ1) is 10.3. The van der Waals surface area contributed by atoms with Gasteiger partial charge in [0.25, 0.3) is 5.56 Å². The van der Waals surface area contributed by atoms with Gasteiger partial charge in [0.15, 0.2) is 16.8 Å². The third kappa shape index (κ3) is 1.41. The number of aromatic nitrogens is 6. The van der Waals surface area contributed by atoms with Crippen LogP contribution in [-0.2, 0) is 11.3 Å². The molecule has 0 unspecified atom stereocenters. The topological polar surface area (TPSA) is 115 Å². The second kappa shape index (κ2) is 3.58. The number of rotatable bonds is 2. The molecule has 0 saturated heterocycles. The number of fused-ring (bicyclic) bond motifs is 3. The zero-order valence-electron chi connectivity index (χ0n) is 8.89. The number of carboxylic acid groups (broad SMARTS) is 1. The Balaban J connectivity index is 2.35. The van der Waals surface area contributed by atoms with Gasteiger partial charge in [0.05, 0.1) is 6.20 Å². The summed E-state index contributed by atoms with van der Waals surface area (Å²) in [5, 5.41) is 20.2. The minimum Gasteiger partial charge on any atom is -0.480 e. The molecule has 0 radical (unpaired) electrons. The highest BCUT2D eigenvalue weighted by molar-refractivity contribution is 5.71. The summed E-state index contributed by atoms with van der Waals surface area (Å²) in [4.78, 5) is 26.5. The van der Waals surface area contributed by atoms with Gasteiger partial charge in [0.1, 0.15) is 12.9 Å². The van der Waals surface area contributed by atoms with Crippen LogP contribution in [-0.4, -0.2) is 40.4 Å². The molecule has 0 aliphatic heterocycles. The second-order valence-electron chi connectivity index (χ2n) is 3.54. The maximum Gasteiger partial charge on any atom is 0.323 e. The molecule has 0 saturated carbocycles. The van der Waals surface area contributed by atoms with Crippen LogP contribution >= 0.6 is 0 Å². The van der Waals surface area contributed by atoms with E-state index >= 15 is 0 Å². The normalized spacial score (nSPS) is 11.1. The van der Waals surface area contributed by atoms with Crippen molar-refractivity contribution in [3.05, 3.63) is 28.9 Å². The lowest BCUT2D eigenvalue weighted by atomic mass is 10.5. The van der Waals surface area contributed by atoms with Crippen LogP contribution in [0.15, 0.2) is 23.4 Å². The molecule has 18 heavy (non-hydrogen) atoms. The number of nitrogens with zero attached hydrogens (tertiary/aromatic N) is 6. The molecule has 0 fully saturated rings. The Bertz CT molecular complexity index is 820. The quantitative estimate of drug-likeness (QED) is 0.611. The Morgan fingerprint density at radius 3 is 3.00 bits per heavy atom. The molecule has 3 heterocycles. The van der Waals surface area contributed by atoms with Crippen LogP contribution in [0.3, 0.4) is 0 Å². The SMILES string of the molecule is O=C(O)Cn1cnc2c(nnc3ccnn32)c1=O. The van der Waals surface area contributed by atoms with Crippen LogP contribution in [0, 0.1) is 0 Å². The summed E-state index contributed by atoms with van der Waals surface area (Å²) >= 11 is 0. The van der Waals surface area contributed by atoms with Crippen LogP contribution in [0.1, 0.15) is 0 Å². The third-order valence-electron chi connectivity index (χ3n) is 2.38. The molecule has 0 spiro atoms. The van der Waals surface area contributed by atoms with E-state index in [9.17, 15) is 9.59 Å². The standard InChI is InChI=1S/C9H6N6O3/c16-6(17)3-14-4-10-8-7(9(14)18)13-12-5-1-2-11-15(5)8/h1-2,4H,3H2,(H,16,17). The summed E-state index contributed by atoms with van der Waals surface area (Å²) < 4.78 is 2.32. The smallest absolute Gasteiger partial charge is 0.323 e. The van der Waals surface area contributed by atoms with Crippen molar-refractivity contribution in [2.75, 3.05) is 0 Å². The van der Waals surface area contributed by atoms with Crippen molar-refractivity contribution in [3.8, 4) is 0 Å². The molecular weight excluding hydrogens is 240 g/mol. The Hall–Kier alpha value is -2.84. The Labute approximate surface area is 98.3 Å². The van der Waals surface area contributed by atoms with Crippen LogP contribution in [0.4, 0.5) is 0 Å². The van der Waals surface area contributed by atoms with Crippen molar-refractivity contribution < 1.29 is 9.90 Å². The Kier molecular flexibility index (Phi) is 2.06. The predicted molar refractivity (Wildman–Crippen MR) is 58.0 cm³/mol. The van der Waals surface area contributed by atoms with Gasteiger partial charge in [-0.25, -0.2) is 4.98 Å². The van der Waals surface area contributed by atoms with E-state index in [2.05, 4.69) is 20.3 Å². The minimum atomic E-state index is -1.13. The number of aliphatic carboxylic acids is 1. The van der Waals surface area contributed by atoms with Crippen molar-refractivity contribution >= 4 is 22.8 Å². The number of carbonyl (C=O) groups is 1. The fourth-order valence-corrected chi connectivity index (χ4v) is 1.61. The zero-order valence-corrected chi connectivity index (χ0v) is 8.89. The maximum atomic E-state index is 11.9. The van der Waals surface area contributed by atoms with Gasteiger partial charge in [-0.2, -0.15) is 9.61 Å². The minimum absolute atomic E-state index is 0.0186. The Morgan fingerprint density at radius 2 is 2.22 bits per heavy atom. The molecular formula is C9H6N6O3. The van der Waals surface area contributed by atoms with Gasteiger partial charge in [-0.15, -0.1) is 10.2 Å². The number of carboxylic acids is 1. The first-order valence-corrected chi connectivity index (χ1v) is 4.94. The van der Waals surface area contributed by atoms with E-state index in [1.165, 1.54) is 10.7 Å². The molecule has 90 valence electrons. The van der Waals surface area contributed by atoms with Crippen LogP contribution in [0.5, 0.6) is 0 Å². The summed E-state index contributed by atoms with van der Waals surface area (Å²) in [6.45, 7) is -0.472. The van der Waals surface area contributed by atoms with E-state index in [4.69, 9.17) is 5.11 Å². The molecule has 0 aliphatic carbocycles. The molecule has 3 aromatic heterocycles. The largest absolute Gasteiger partial charge is 0.480 e. The highest BCUT2D eigenvalue weighted by Crippen LogP contribution is 2.04. The highest BCUT2D eigenvalue weighted by Gasteiger charge is 2.11. The van der Waals surface area contributed by atoms with Gasteiger partial charge < -0.3 is 5.11 Å². The van der Waals surface area contributed by atoms with Crippen molar-refractivity contribution in [2.45, 2.75) is 6.54 Å². The number of hydrogen-bond acceptors (Lipinski definition) is 6. The van der Waals surface area contributed by atoms with Crippen LogP contribution in [0.2, 0.25) is 0 Å². The van der Waals surface area contributed by atoms with Crippen LogP contribution < -0.4 is 5.56 Å². The zero-order chi connectivity index (χ0) is 12.7. The first-order chi connectivity index (χ1) is 8.66. The third-order valence-corrected chi connectivity index (χ3v) is 2.38. The molecule has 3 aromatic rings. The van der Waals surface area contributed by atoms with Gasteiger partial charge >= 0.3 is 5.97 Å². The molecule has 9 nitrogen and oxygen atoms in total. The second-order valence-corrected chi connectivity index (χ2v) is 3.54. The maximum absolute atomic E-state index is 11.9. The summed E-state index contributed by atoms with van der Waals surface area (Å²) in [7, 11) is 0. The van der Waals surface area contributed by atoms with E-state index < -0.39 is 18.1 Å². The molecule has 0 aliphatic rings. The monoisotopic (exact) mass is 246 g/mol. The summed E-state index contributed by atoms with van der Waals surface area (Å²) in [5.74, 6) is -1.13. The summed E-state index contributed by atoms with van der Waals surface area (Å²) in [6, 6.07) is 1.62. The average Bonchev–Trinajstić information content (AvgIpc) is 2.80. The molecule has 0 amide bonds. The lowest BCUT2D eigenvalue weighted by Gasteiger charge is -2.03. The molecule has 0 atom stereocenters. The van der Waals surface area contributed by atoms with E-state index in [0.29, 0.717) is 5.65 Å². The van der Waals surface area contributed by atoms with E-state index in [0.717, 1.165) is 10.9 Å². The van der Waals surface area contributed by atoms with Gasteiger partial charge in [-0.3, -0.25) is 14.2 Å². The van der Waals surface area contributed by atoms with Crippen molar-refractivity contribution in [2.24, 2.45) is 0 Å². The molecule has 1 N–H and O–H groups in total. The van der Waals surface area contributed by atoms with Gasteiger partial charge in [-0.05, 0) is 0 Å². The van der Waals surface area contributed by atoms with Gasteiger partial charge in [-0.1, -0.05) is 0 Å². The van der Waals surface area contributed by atoms with E-state index in [1.54, 1.807) is 6.07 Å². The van der Waals surface area contributed by atoms with Crippen LogP contribution in [0.25, 0.3) is 16.8 Å². The van der Waals surface area contributed by atoms with Crippen molar-refractivity contribution in [3.63, 3.8) is 0 Å². The summed E-state index contributed by atoms with van der Waals surface area (Å²) in [5.41, 5.74) is 0.129. The predicted octanol–water partition coefficient (Wildman–Crippen LogP) is -1.08. The van der Waals surface area contributed by atoms with Gasteiger partial charge in [0.2, 0.25) is 0 Å². The molecule has 0 bridgehead atoms.